The van der Waals surface area contributed by atoms with Crippen LogP contribution in [-0.2, 0) is 4.74 Å². The van der Waals surface area contributed by atoms with Gasteiger partial charge in [-0.25, -0.2) is 0 Å². The number of rotatable bonds is 5. The molecule has 0 saturated carbocycles. The topological polar surface area (TPSA) is 35.0 Å². The van der Waals surface area contributed by atoms with E-state index in [1.165, 1.54) is 0 Å². The number of ether oxygens (including phenoxy) is 1. The largest absolute Gasteiger partial charge is 0.378 e. The average molecular weight is 218 g/mol. The Bertz CT molecular complexity index is 250. The van der Waals surface area contributed by atoms with Crippen LogP contribution in [0.4, 0.5) is 0 Å². The van der Waals surface area contributed by atoms with Crippen LogP contribution >= 0.6 is 23.1 Å². The summed E-state index contributed by atoms with van der Waals surface area (Å²) in [6.07, 6.45) is 0.316. The molecule has 0 fully saturated rings. The van der Waals surface area contributed by atoms with E-state index in [1.54, 1.807) is 23.1 Å². The Kier molecular flexibility index (Phi) is 4.69. The van der Waals surface area contributed by atoms with Crippen molar-refractivity contribution in [2.24, 2.45) is 0 Å². The molecule has 0 spiro atoms. The number of thioether (sulfide) groups is 1. The van der Waals surface area contributed by atoms with E-state index in [1.807, 2.05) is 20.8 Å². The van der Waals surface area contributed by atoms with E-state index in [9.17, 15) is 0 Å². The molecule has 1 aromatic rings. The Morgan fingerprint density at radius 1 is 1.46 bits per heavy atom. The van der Waals surface area contributed by atoms with Crippen LogP contribution in [0.3, 0.4) is 0 Å². The van der Waals surface area contributed by atoms with E-state index in [4.69, 9.17) is 4.74 Å². The fourth-order valence-electron chi connectivity index (χ4n) is 0.750. The molecule has 1 rings (SSSR count). The van der Waals surface area contributed by atoms with Crippen LogP contribution in [0.1, 0.15) is 18.9 Å². The van der Waals surface area contributed by atoms with E-state index in [-0.39, 0.29) is 0 Å². The number of nitrogens with zero attached hydrogens (tertiary/aromatic N) is 2. The molecule has 74 valence electrons. The molecule has 0 atom stereocenters. The smallest absolute Gasteiger partial charge is 0.174 e. The van der Waals surface area contributed by atoms with Crippen molar-refractivity contribution in [3.8, 4) is 0 Å². The molecule has 0 N–H and O–H groups in total. The molecular weight excluding hydrogens is 204 g/mol. The standard InChI is InChI=1S/C8H14N2OS2/c1-6(2)11-4-5-12-8-10-9-7(3)13-8/h6H,4-5H2,1-3H3. The first-order valence-corrected chi connectivity index (χ1v) is 6.03. The number of hydrogen-bond donors (Lipinski definition) is 0. The van der Waals surface area contributed by atoms with Gasteiger partial charge in [0.05, 0.1) is 12.7 Å². The summed E-state index contributed by atoms with van der Waals surface area (Å²) < 4.78 is 6.44. The highest BCUT2D eigenvalue weighted by Crippen LogP contribution is 2.21. The maximum atomic E-state index is 5.41. The van der Waals surface area contributed by atoms with E-state index in [0.29, 0.717) is 6.10 Å². The summed E-state index contributed by atoms with van der Waals surface area (Å²) in [4.78, 5) is 0. The molecule has 0 bridgehead atoms. The van der Waals surface area contributed by atoms with E-state index >= 15 is 0 Å². The zero-order valence-electron chi connectivity index (χ0n) is 8.11. The molecule has 0 aliphatic carbocycles. The summed E-state index contributed by atoms with van der Waals surface area (Å²) in [5.74, 6) is 0.951. The Hall–Kier alpha value is -0.130. The van der Waals surface area contributed by atoms with E-state index in [0.717, 1.165) is 21.7 Å². The van der Waals surface area contributed by atoms with Gasteiger partial charge in [0, 0.05) is 5.75 Å². The molecule has 0 aliphatic rings. The van der Waals surface area contributed by atoms with E-state index in [2.05, 4.69) is 10.2 Å². The van der Waals surface area contributed by atoms with Gasteiger partial charge >= 0.3 is 0 Å². The molecule has 0 amide bonds. The summed E-state index contributed by atoms with van der Waals surface area (Å²) in [7, 11) is 0. The third kappa shape index (κ3) is 4.59. The van der Waals surface area contributed by atoms with Crippen molar-refractivity contribution in [3.05, 3.63) is 5.01 Å². The number of aryl methyl sites for hydroxylation is 1. The predicted molar refractivity (Wildman–Crippen MR) is 56.5 cm³/mol. The predicted octanol–water partition coefficient (Wildman–Crippen LogP) is 2.36. The minimum atomic E-state index is 0.316. The molecule has 1 aromatic heterocycles. The first kappa shape index (κ1) is 10.9. The van der Waals surface area contributed by atoms with Crippen molar-refractivity contribution in [2.45, 2.75) is 31.2 Å². The van der Waals surface area contributed by atoms with Crippen molar-refractivity contribution in [1.29, 1.82) is 0 Å². The van der Waals surface area contributed by atoms with Crippen LogP contribution in [0.5, 0.6) is 0 Å². The molecule has 0 radical (unpaired) electrons. The van der Waals surface area contributed by atoms with Gasteiger partial charge in [0.25, 0.3) is 0 Å². The summed E-state index contributed by atoms with van der Waals surface area (Å²) in [5.41, 5.74) is 0. The highest BCUT2D eigenvalue weighted by Gasteiger charge is 2.00. The molecule has 5 heteroatoms. The highest BCUT2D eigenvalue weighted by molar-refractivity contribution is 8.01. The average Bonchev–Trinajstić information content (AvgIpc) is 2.45. The lowest BCUT2D eigenvalue weighted by Crippen LogP contribution is -2.05. The lowest BCUT2D eigenvalue weighted by atomic mass is 10.5. The van der Waals surface area contributed by atoms with Gasteiger partial charge in [-0.2, -0.15) is 0 Å². The number of hydrogen-bond acceptors (Lipinski definition) is 5. The second-order valence-electron chi connectivity index (χ2n) is 2.85. The van der Waals surface area contributed by atoms with Crippen LogP contribution in [0.15, 0.2) is 4.34 Å². The van der Waals surface area contributed by atoms with E-state index < -0.39 is 0 Å². The third-order valence-corrected chi connectivity index (χ3v) is 3.20. The van der Waals surface area contributed by atoms with Gasteiger partial charge in [-0.15, -0.1) is 10.2 Å². The number of aromatic nitrogens is 2. The molecule has 0 unspecified atom stereocenters. The Balaban J connectivity index is 2.13. The summed E-state index contributed by atoms with van der Waals surface area (Å²) in [5, 5.41) is 8.97. The zero-order chi connectivity index (χ0) is 9.68. The van der Waals surface area contributed by atoms with Crippen molar-refractivity contribution in [2.75, 3.05) is 12.4 Å². The quantitative estimate of drug-likeness (QED) is 0.561. The van der Waals surface area contributed by atoms with Gasteiger partial charge in [0.15, 0.2) is 4.34 Å². The van der Waals surface area contributed by atoms with Gasteiger partial charge in [-0.05, 0) is 20.8 Å². The fourth-order valence-corrected chi connectivity index (χ4v) is 2.47. The van der Waals surface area contributed by atoms with Crippen LogP contribution in [0.2, 0.25) is 0 Å². The molecular formula is C8H14N2OS2. The highest BCUT2D eigenvalue weighted by atomic mass is 32.2. The normalized spacial score (nSPS) is 11.1. The van der Waals surface area contributed by atoms with Crippen LogP contribution in [0, 0.1) is 6.92 Å². The van der Waals surface area contributed by atoms with Crippen molar-refractivity contribution < 1.29 is 4.74 Å². The minimum Gasteiger partial charge on any atom is -0.378 e. The summed E-state index contributed by atoms with van der Waals surface area (Å²) in [6.45, 7) is 6.83. The minimum absolute atomic E-state index is 0.316. The molecule has 0 aliphatic heterocycles. The monoisotopic (exact) mass is 218 g/mol. The molecule has 13 heavy (non-hydrogen) atoms. The molecule has 1 heterocycles. The van der Waals surface area contributed by atoms with Gasteiger partial charge in [0.2, 0.25) is 0 Å². The van der Waals surface area contributed by atoms with Crippen molar-refractivity contribution in [3.63, 3.8) is 0 Å². The van der Waals surface area contributed by atoms with Crippen molar-refractivity contribution >= 4 is 23.1 Å². The van der Waals surface area contributed by atoms with Gasteiger partial charge in [-0.3, -0.25) is 0 Å². The fraction of sp³-hybridized carbons (Fsp3) is 0.750. The van der Waals surface area contributed by atoms with Crippen LogP contribution in [-0.4, -0.2) is 28.7 Å². The van der Waals surface area contributed by atoms with Gasteiger partial charge < -0.3 is 4.74 Å². The first-order chi connectivity index (χ1) is 6.18. The SMILES string of the molecule is Cc1nnc(SCCOC(C)C)s1. The summed E-state index contributed by atoms with van der Waals surface area (Å²) >= 11 is 3.33. The molecule has 0 aromatic carbocycles. The Labute approximate surface area is 86.9 Å². The van der Waals surface area contributed by atoms with Gasteiger partial charge in [-0.1, -0.05) is 23.1 Å². The Morgan fingerprint density at radius 3 is 2.77 bits per heavy atom. The second kappa shape index (κ2) is 5.57. The first-order valence-electron chi connectivity index (χ1n) is 4.23. The lowest BCUT2D eigenvalue weighted by molar-refractivity contribution is 0.0920. The van der Waals surface area contributed by atoms with Gasteiger partial charge in [0.1, 0.15) is 5.01 Å². The molecule has 0 saturated heterocycles. The summed E-state index contributed by atoms with van der Waals surface area (Å²) in [6, 6.07) is 0. The third-order valence-electron chi connectivity index (χ3n) is 1.27. The maximum absolute atomic E-state index is 5.41. The second-order valence-corrected chi connectivity index (χ2v) is 5.38. The Morgan fingerprint density at radius 2 is 2.23 bits per heavy atom. The van der Waals surface area contributed by atoms with Crippen molar-refractivity contribution in [1.82, 2.24) is 10.2 Å². The lowest BCUT2D eigenvalue weighted by Gasteiger charge is -2.04. The maximum Gasteiger partial charge on any atom is 0.174 e. The van der Waals surface area contributed by atoms with Crippen LogP contribution < -0.4 is 0 Å². The zero-order valence-corrected chi connectivity index (χ0v) is 9.74. The molecule has 3 nitrogen and oxygen atoms in total. The van der Waals surface area contributed by atoms with Crippen LogP contribution in [0.25, 0.3) is 0 Å².